The summed E-state index contributed by atoms with van der Waals surface area (Å²) in [7, 11) is 0. The van der Waals surface area contributed by atoms with E-state index in [1.165, 1.54) is 0 Å². The quantitative estimate of drug-likeness (QED) is 0.736. The first-order chi connectivity index (χ1) is 9.61. The highest BCUT2D eigenvalue weighted by molar-refractivity contribution is 7.09. The van der Waals surface area contributed by atoms with E-state index in [9.17, 15) is 0 Å². The Morgan fingerprint density at radius 3 is 3.00 bits per heavy atom. The van der Waals surface area contributed by atoms with Crippen molar-refractivity contribution in [2.75, 3.05) is 0 Å². The molecular weight excluding hydrogens is 296 g/mol. The van der Waals surface area contributed by atoms with Crippen molar-refractivity contribution < 1.29 is 4.52 Å². The maximum absolute atomic E-state index is 5.88. The van der Waals surface area contributed by atoms with E-state index in [0.717, 1.165) is 22.8 Å². The predicted molar refractivity (Wildman–Crippen MR) is 78.0 cm³/mol. The Balaban J connectivity index is 1.74. The van der Waals surface area contributed by atoms with Crippen LogP contribution in [0.1, 0.15) is 23.7 Å². The van der Waals surface area contributed by atoms with Crippen molar-refractivity contribution in [3.05, 3.63) is 39.6 Å². The van der Waals surface area contributed by atoms with Crippen LogP contribution >= 0.6 is 22.9 Å². The Morgan fingerprint density at radius 1 is 1.50 bits per heavy atom. The van der Waals surface area contributed by atoms with Crippen LogP contribution in [0.5, 0.6) is 0 Å². The minimum absolute atomic E-state index is 0.206. The summed E-state index contributed by atoms with van der Waals surface area (Å²) in [6, 6.07) is 2.09. The molecule has 0 aliphatic heterocycles. The van der Waals surface area contributed by atoms with E-state index in [2.05, 4.69) is 22.2 Å². The first-order valence-corrected chi connectivity index (χ1v) is 7.45. The van der Waals surface area contributed by atoms with Gasteiger partial charge in [0.25, 0.3) is 0 Å². The van der Waals surface area contributed by atoms with Crippen molar-refractivity contribution in [2.45, 2.75) is 26.3 Å². The Hall–Kier alpha value is -1.66. The standard InChI is InChI=1S/C13H13ClN4OS/c1-8-3-12(19-17-8)11-7-20-13(16-11)4-9(2)18-6-10(14)5-15-18/h3,5-7,9H,4H2,1-2H3. The summed E-state index contributed by atoms with van der Waals surface area (Å²) in [5, 5.41) is 11.8. The lowest BCUT2D eigenvalue weighted by atomic mass is 10.2. The summed E-state index contributed by atoms with van der Waals surface area (Å²) < 4.78 is 7.06. The van der Waals surface area contributed by atoms with Gasteiger partial charge in [-0.3, -0.25) is 4.68 Å². The summed E-state index contributed by atoms with van der Waals surface area (Å²) in [5.74, 6) is 0.708. The predicted octanol–water partition coefficient (Wildman–Crippen LogP) is 3.76. The van der Waals surface area contributed by atoms with Crippen LogP contribution in [-0.4, -0.2) is 19.9 Å². The molecule has 0 N–H and O–H groups in total. The van der Waals surface area contributed by atoms with Crippen LogP contribution in [0.15, 0.2) is 28.4 Å². The van der Waals surface area contributed by atoms with Crippen LogP contribution in [0, 0.1) is 6.92 Å². The fourth-order valence-corrected chi connectivity index (χ4v) is 2.95. The fraction of sp³-hybridized carbons (Fsp3) is 0.308. The molecule has 0 radical (unpaired) electrons. The summed E-state index contributed by atoms with van der Waals surface area (Å²) in [6.45, 7) is 3.98. The van der Waals surface area contributed by atoms with E-state index in [4.69, 9.17) is 16.1 Å². The lowest BCUT2D eigenvalue weighted by Gasteiger charge is -2.09. The molecule has 0 fully saturated rings. The summed E-state index contributed by atoms with van der Waals surface area (Å²) in [6.07, 6.45) is 4.26. The summed E-state index contributed by atoms with van der Waals surface area (Å²) >= 11 is 7.49. The first-order valence-electron chi connectivity index (χ1n) is 6.19. The third-order valence-electron chi connectivity index (χ3n) is 2.92. The molecule has 0 bridgehead atoms. The maximum atomic E-state index is 5.88. The Morgan fingerprint density at radius 2 is 2.35 bits per heavy atom. The van der Waals surface area contributed by atoms with Crippen molar-refractivity contribution in [1.29, 1.82) is 0 Å². The minimum Gasteiger partial charge on any atom is -0.354 e. The number of aromatic nitrogens is 4. The molecule has 0 saturated carbocycles. The largest absolute Gasteiger partial charge is 0.354 e. The topological polar surface area (TPSA) is 56.7 Å². The second kappa shape index (κ2) is 5.38. The summed E-state index contributed by atoms with van der Waals surface area (Å²) in [4.78, 5) is 4.58. The second-order valence-electron chi connectivity index (χ2n) is 4.65. The molecule has 3 aromatic heterocycles. The van der Waals surface area contributed by atoms with Gasteiger partial charge < -0.3 is 4.52 Å². The lowest BCUT2D eigenvalue weighted by molar-refractivity contribution is 0.426. The zero-order valence-corrected chi connectivity index (χ0v) is 12.6. The van der Waals surface area contributed by atoms with E-state index in [1.807, 2.05) is 29.2 Å². The Bertz CT molecular complexity index is 717. The van der Waals surface area contributed by atoms with Crippen molar-refractivity contribution in [3.63, 3.8) is 0 Å². The van der Waals surface area contributed by atoms with Gasteiger partial charge in [0, 0.05) is 24.1 Å². The first kappa shape index (κ1) is 13.3. The van der Waals surface area contributed by atoms with Crippen LogP contribution in [0.4, 0.5) is 0 Å². The van der Waals surface area contributed by atoms with Gasteiger partial charge in [-0.05, 0) is 13.8 Å². The van der Waals surface area contributed by atoms with Crippen molar-refractivity contribution in [2.24, 2.45) is 0 Å². The highest BCUT2D eigenvalue weighted by atomic mass is 35.5. The van der Waals surface area contributed by atoms with Gasteiger partial charge in [-0.1, -0.05) is 16.8 Å². The lowest BCUT2D eigenvalue weighted by Crippen LogP contribution is -2.08. The van der Waals surface area contributed by atoms with Gasteiger partial charge in [-0.25, -0.2) is 4.98 Å². The van der Waals surface area contributed by atoms with Gasteiger partial charge >= 0.3 is 0 Å². The molecule has 5 nitrogen and oxygen atoms in total. The molecule has 0 aliphatic rings. The van der Waals surface area contributed by atoms with E-state index < -0.39 is 0 Å². The highest BCUT2D eigenvalue weighted by Gasteiger charge is 2.13. The number of thiazole rings is 1. The molecule has 3 rings (SSSR count). The van der Waals surface area contributed by atoms with Crippen molar-refractivity contribution >= 4 is 22.9 Å². The number of rotatable bonds is 4. The van der Waals surface area contributed by atoms with Gasteiger partial charge in [-0.2, -0.15) is 5.10 Å². The highest BCUT2D eigenvalue weighted by Crippen LogP contribution is 2.25. The van der Waals surface area contributed by atoms with E-state index in [-0.39, 0.29) is 6.04 Å². The van der Waals surface area contributed by atoms with E-state index >= 15 is 0 Å². The SMILES string of the molecule is Cc1cc(-c2csc(CC(C)n3cc(Cl)cn3)n2)on1. The number of nitrogens with zero attached hydrogens (tertiary/aromatic N) is 4. The Kier molecular flexibility index (Phi) is 3.58. The molecule has 0 spiro atoms. The number of hydrogen-bond acceptors (Lipinski definition) is 5. The molecule has 0 aliphatic carbocycles. The van der Waals surface area contributed by atoms with Crippen LogP contribution in [0.3, 0.4) is 0 Å². The van der Waals surface area contributed by atoms with Gasteiger partial charge in [-0.15, -0.1) is 11.3 Å². The van der Waals surface area contributed by atoms with Crippen molar-refractivity contribution in [1.82, 2.24) is 19.9 Å². The monoisotopic (exact) mass is 308 g/mol. The molecule has 0 aromatic carbocycles. The molecular formula is C13H13ClN4OS. The zero-order chi connectivity index (χ0) is 14.1. The Labute approximate surface area is 125 Å². The van der Waals surface area contributed by atoms with E-state index in [0.29, 0.717) is 10.8 Å². The van der Waals surface area contributed by atoms with Crippen LogP contribution in [0.2, 0.25) is 5.02 Å². The third kappa shape index (κ3) is 2.76. The van der Waals surface area contributed by atoms with Gasteiger partial charge in [0.2, 0.25) is 0 Å². The molecule has 3 aromatic rings. The molecule has 1 unspecified atom stereocenters. The normalized spacial score (nSPS) is 12.8. The van der Waals surface area contributed by atoms with E-state index in [1.54, 1.807) is 17.5 Å². The average Bonchev–Trinajstić information content (AvgIpc) is 3.10. The molecule has 1 atom stereocenters. The molecule has 0 saturated heterocycles. The second-order valence-corrected chi connectivity index (χ2v) is 6.03. The molecule has 0 amide bonds. The van der Waals surface area contributed by atoms with Crippen LogP contribution < -0.4 is 0 Å². The zero-order valence-electron chi connectivity index (χ0n) is 11.1. The molecule has 104 valence electrons. The summed E-state index contributed by atoms with van der Waals surface area (Å²) in [5.41, 5.74) is 1.69. The maximum Gasteiger partial charge on any atom is 0.186 e. The van der Waals surface area contributed by atoms with Crippen LogP contribution in [-0.2, 0) is 6.42 Å². The molecule has 7 heteroatoms. The molecule has 20 heavy (non-hydrogen) atoms. The van der Waals surface area contributed by atoms with Gasteiger partial charge in [0.15, 0.2) is 5.76 Å². The van der Waals surface area contributed by atoms with Gasteiger partial charge in [0.05, 0.1) is 28.0 Å². The molecule has 3 heterocycles. The number of hydrogen-bond donors (Lipinski definition) is 0. The smallest absolute Gasteiger partial charge is 0.186 e. The minimum atomic E-state index is 0.206. The third-order valence-corrected chi connectivity index (χ3v) is 3.99. The van der Waals surface area contributed by atoms with Crippen LogP contribution in [0.25, 0.3) is 11.5 Å². The van der Waals surface area contributed by atoms with Gasteiger partial charge in [0.1, 0.15) is 5.69 Å². The fourth-order valence-electron chi connectivity index (χ4n) is 1.90. The number of halogens is 1. The van der Waals surface area contributed by atoms with Crippen molar-refractivity contribution in [3.8, 4) is 11.5 Å². The number of aryl methyl sites for hydroxylation is 1. The average molecular weight is 309 g/mol.